The SMILES string of the molecule is Cc1ccccc1-c1ccccc1-c1ccc(C#N)cc1C#N. The molecule has 0 N–H and O–H groups in total. The Kier molecular flexibility index (Phi) is 3.91. The molecule has 0 aromatic heterocycles. The van der Waals surface area contributed by atoms with Gasteiger partial charge in [0.1, 0.15) is 0 Å². The van der Waals surface area contributed by atoms with Gasteiger partial charge >= 0.3 is 0 Å². The standard InChI is InChI=1S/C21H14N2/c1-15-6-2-3-7-18(15)20-8-4-5-9-21(20)19-11-10-16(13-22)12-17(19)14-23/h2-12H,1H3. The summed E-state index contributed by atoms with van der Waals surface area (Å²) in [5.74, 6) is 0. The van der Waals surface area contributed by atoms with Crippen LogP contribution in [0, 0.1) is 29.6 Å². The molecular formula is C21H14N2. The molecule has 0 spiro atoms. The van der Waals surface area contributed by atoms with Crippen molar-refractivity contribution in [2.75, 3.05) is 0 Å². The Labute approximate surface area is 135 Å². The quantitative estimate of drug-likeness (QED) is 0.662. The van der Waals surface area contributed by atoms with Crippen molar-refractivity contribution in [2.45, 2.75) is 6.92 Å². The third-order valence-electron chi connectivity index (χ3n) is 3.92. The first kappa shape index (κ1) is 14.6. The minimum absolute atomic E-state index is 0.499. The van der Waals surface area contributed by atoms with Gasteiger partial charge in [0.15, 0.2) is 0 Å². The summed E-state index contributed by atoms with van der Waals surface area (Å²) in [5.41, 5.74) is 6.30. The molecule has 0 heterocycles. The Morgan fingerprint density at radius 1 is 0.652 bits per heavy atom. The zero-order valence-electron chi connectivity index (χ0n) is 12.7. The lowest BCUT2D eigenvalue weighted by molar-refractivity contribution is 1.43. The minimum atomic E-state index is 0.499. The van der Waals surface area contributed by atoms with Gasteiger partial charge in [-0.15, -0.1) is 0 Å². The number of nitriles is 2. The summed E-state index contributed by atoms with van der Waals surface area (Å²) in [7, 11) is 0. The number of rotatable bonds is 2. The fourth-order valence-corrected chi connectivity index (χ4v) is 2.77. The zero-order valence-corrected chi connectivity index (χ0v) is 12.7. The van der Waals surface area contributed by atoms with Gasteiger partial charge in [0, 0.05) is 5.56 Å². The van der Waals surface area contributed by atoms with Crippen LogP contribution in [0.15, 0.2) is 66.7 Å². The third-order valence-corrected chi connectivity index (χ3v) is 3.92. The molecular weight excluding hydrogens is 280 g/mol. The van der Waals surface area contributed by atoms with Crippen LogP contribution in [-0.2, 0) is 0 Å². The number of benzene rings is 3. The van der Waals surface area contributed by atoms with E-state index in [1.165, 1.54) is 5.56 Å². The van der Waals surface area contributed by atoms with Crippen LogP contribution in [0.4, 0.5) is 0 Å². The fourth-order valence-electron chi connectivity index (χ4n) is 2.77. The van der Waals surface area contributed by atoms with Crippen LogP contribution in [0.25, 0.3) is 22.3 Å². The highest BCUT2D eigenvalue weighted by Gasteiger charge is 2.12. The maximum atomic E-state index is 9.46. The first-order valence-corrected chi connectivity index (χ1v) is 7.34. The number of hydrogen-bond donors (Lipinski definition) is 0. The lowest BCUT2D eigenvalue weighted by atomic mass is 9.90. The minimum Gasteiger partial charge on any atom is -0.192 e. The van der Waals surface area contributed by atoms with Gasteiger partial charge in [0.25, 0.3) is 0 Å². The van der Waals surface area contributed by atoms with Crippen LogP contribution in [0.5, 0.6) is 0 Å². The molecule has 0 radical (unpaired) electrons. The van der Waals surface area contributed by atoms with E-state index >= 15 is 0 Å². The largest absolute Gasteiger partial charge is 0.192 e. The predicted molar refractivity (Wildman–Crippen MR) is 91.5 cm³/mol. The molecule has 0 amide bonds. The van der Waals surface area contributed by atoms with Crippen molar-refractivity contribution in [3.8, 4) is 34.4 Å². The molecule has 0 aliphatic heterocycles. The second-order valence-electron chi connectivity index (χ2n) is 5.34. The molecule has 3 aromatic carbocycles. The summed E-state index contributed by atoms with van der Waals surface area (Å²) in [4.78, 5) is 0. The summed E-state index contributed by atoms with van der Waals surface area (Å²) in [6, 6.07) is 25.8. The van der Waals surface area contributed by atoms with Crippen LogP contribution in [0.2, 0.25) is 0 Å². The third kappa shape index (κ3) is 2.71. The van der Waals surface area contributed by atoms with Gasteiger partial charge in [-0.3, -0.25) is 0 Å². The highest BCUT2D eigenvalue weighted by atomic mass is 14.3. The molecule has 2 nitrogen and oxygen atoms in total. The predicted octanol–water partition coefficient (Wildman–Crippen LogP) is 5.07. The summed E-state index contributed by atoms with van der Waals surface area (Å²) in [5, 5.41) is 18.5. The van der Waals surface area contributed by atoms with E-state index in [-0.39, 0.29) is 0 Å². The van der Waals surface area contributed by atoms with Crippen molar-refractivity contribution >= 4 is 0 Å². The van der Waals surface area contributed by atoms with E-state index in [4.69, 9.17) is 5.26 Å². The molecule has 2 heteroatoms. The van der Waals surface area contributed by atoms with E-state index in [1.54, 1.807) is 12.1 Å². The smallest absolute Gasteiger partial charge is 0.0998 e. The second-order valence-corrected chi connectivity index (χ2v) is 5.34. The van der Waals surface area contributed by atoms with Crippen LogP contribution in [-0.4, -0.2) is 0 Å². The van der Waals surface area contributed by atoms with E-state index < -0.39 is 0 Å². The van der Waals surface area contributed by atoms with Crippen LogP contribution < -0.4 is 0 Å². The lowest BCUT2D eigenvalue weighted by Crippen LogP contribution is -1.91. The molecule has 0 saturated carbocycles. The number of hydrogen-bond acceptors (Lipinski definition) is 2. The summed E-state index contributed by atoms with van der Waals surface area (Å²) < 4.78 is 0. The van der Waals surface area contributed by atoms with Crippen molar-refractivity contribution < 1.29 is 0 Å². The highest BCUT2D eigenvalue weighted by Crippen LogP contribution is 2.35. The zero-order chi connectivity index (χ0) is 16.2. The lowest BCUT2D eigenvalue weighted by Gasteiger charge is -2.13. The second kappa shape index (κ2) is 6.18. The van der Waals surface area contributed by atoms with E-state index in [0.29, 0.717) is 11.1 Å². The summed E-state index contributed by atoms with van der Waals surface area (Å²) in [6.07, 6.45) is 0. The molecule has 23 heavy (non-hydrogen) atoms. The van der Waals surface area contributed by atoms with E-state index in [1.807, 2.05) is 36.4 Å². The van der Waals surface area contributed by atoms with Crippen molar-refractivity contribution in [3.63, 3.8) is 0 Å². The first-order chi connectivity index (χ1) is 11.2. The van der Waals surface area contributed by atoms with Crippen LogP contribution in [0.3, 0.4) is 0 Å². The molecule has 0 unspecified atom stereocenters. The first-order valence-electron chi connectivity index (χ1n) is 7.34. The average molecular weight is 294 g/mol. The van der Waals surface area contributed by atoms with Gasteiger partial charge in [-0.25, -0.2) is 0 Å². The normalized spacial score (nSPS) is 9.87. The van der Waals surface area contributed by atoms with Gasteiger partial charge < -0.3 is 0 Å². The van der Waals surface area contributed by atoms with Crippen LogP contribution in [0.1, 0.15) is 16.7 Å². The fraction of sp³-hybridized carbons (Fsp3) is 0.0476. The van der Waals surface area contributed by atoms with Gasteiger partial charge in [0.2, 0.25) is 0 Å². The maximum absolute atomic E-state index is 9.46. The number of aryl methyl sites for hydroxylation is 1. The van der Waals surface area contributed by atoms with Gasteiger partial charge in [-0.1, -0.05) is 54.6 Å². The average Bonchev–Trinajstić information content (AvgIpc) is 2.61. The van der Waals surface area contributed by atoms with Gasteiger partial charge in [0.05, 0.1) is 23.3 Å². The molecule has 3 rings (SSSR count). The number of nitrogens with zero attached hydrogens (tertiary/aromatic N) is 2. The van der Waals surface area contributed by atoms with Gasteiger partial charge in [-0.2, -0.15) is 10.5 Å². The van der Waals surface area contributed by atoms with E-state index in [0.717, 1.165) is 22.3 Å². The topological polar surface area (TPSA) is 47.6 Å². The van der Waals surface area contributed by atoms with E-state index in [2.05, 4.69) is 37.3 Å². The Morgan fingerprint density at radius 3 is 1.87 bits per heavy atom. The highest BCUT2D eigenvalue weighted by molar-refractivity contribution is 5.87. The Morgan fingerprint density at radius 2 is 1.26 bits per heavy atom. The van der Waals surface area contributed by atoms with Crippen molar-refractivity contribution in [2.24, 2.45) is 0 Å². The van der Waals surface area contributed by atoms with Crippen LogP contribution >= 0.6 is 0 Å². The monoisotopic (exact) mass is 294 g/mol. The van der Waals surface area contributed by atoms with Gasteiger partial charge in [-0.05, 0) is 41.3 Å². The molecule has 0 saturated heterocycles. The molecule has 3 aromatic rings. The summed E-state index contributed by atoms with van der Waals surface area (Å²) in [6.45, 7) is 2.08. The van der Waals surface area contributed by atoms with E-state index in [9.17, 15) is 5.26 Å². The molecule has 0 fully saturated rings. The Bertz CT molecular complexity index is 956. The molecule has 0 bridgehead atoms. The Balaban J connectivity index is 2.26. The van der Waals surface area contributed by atoms with Crippen molar-refractivity contribution in [1.29, 1.82) is 10.5 Å². The van der Waals surface area contributed by atoms with Crippen molar-refractivity contribution in [3.05, 3.63) is 83.4 Å². The molecule has 0 atom stereocenters. The summed E-state index contributed by atoms with van der Waals surface area (Å²) >= 11 is 0. The molecule has 0 aliphatic rings. The molecule has 108 valence electrons. The van der Waals surface area contributed by atoms with Crippen molar-refractivity contribution in [1.82, 2.24) is 0 Å². The maximum Gasteiger partial charge on any atom is 0.0998 e. The molecule has 0 aliphatic carbocycles. The Hall–Kier alpha value is -3.36.